The zero-order chi connectivity index (χ0) is 14.2. The predicted octanol–water partition coefficient (Wildman–Crippen LogP) is 2.67. The van der Waals surface area contributed by atoms with Gasteiger partial charge in [-0.1, -0.05) is 12.1 Å². The molecular formula is C16H20N2O2. The molecule has 4 nitrogen and oxygen atoms in total. The summed E-state index contributed by atoms with van der Waals surface area (Å²) in [7, 11) is 0. The highest BCUT2D eigenvalue weighted by atomic mass is 16.5. The summed E-state index contributed by atoms with van der Waals surface area (Å²) in [4.78, 5) is 15.5. The van der Waals surface area contributed by atoms with Crippen molar-refractivity contribution in [3.05, 3.63) is 42.1 Å². The normalized spacial score (nSPS) is 10.7. The van der Waals surface area contributed by atoms with E-state index < -0.39 is 0 Å². The van der Waals surface area contributed by atoms with E-state index in [9.17, 15) is 4.79 Å². The summed E-state index contributed by atoms with van der Waals surface area (Å²) < 4.78 is 4.88. The largest absolute Gasteiger partial charge is 0.466 e. The smallest absolute Gasteiger partial charge is 0.305 e. The number of nitrogens with zero attached hydrogens (tertiary/aromatic N) is 1. The molecule has 20 heavy (non-hydrogen) atoms. The van der Waals surface area contributed by atoms with Crippen LogP contribution in [0.15, 0.2) is 36.5 Å². The van der Waals surface area contributed by atoms with Gasteiger partial charge < -0.3 is 10.1 Å². The molecule has 4 heteroatoms. The van der Waals surface area contributed by atoms with Crippen LogP contribution in [0.3, 0.4) is 0 Å². The Morgan fingerprint density at radius 1 is 1.35 bits per heavy atom. The van der Waals surface area contributed by atoms with Gasteiger partial charge in [-0.25, -0.2) is 0 Å². The molecule has 0 spiro atoms. The summed E-state index contributed by atoms with van der Waals surface area (Å²) in [5, 5.41) is 4.49. The number of esters is 1. The van der Waals surface area contributed by atoms with E-state index in [1.165, 1.54) is 5.56 Å². The van der Waals surface area contributed by atoms with Crippen molar-refractivity contribution < 1.29 is 9.53 Å². The number of pyridine rings is 1. The van der Waals surface area contributed by atoms with Crippen LogP contribution in [0.1, 0.15) is 25.3 Å². The van der Waals surface area contributed by atoms with Crippen molar-refractivity contribution in [2.45, 2.75) is 26.3 Å². The number of carbonyl (C=O) groups is 1. The van der Waals surface area contributed by atoms with Crippen LogP contribution in [0.25, 0.3) is 10.9 Å². The summed E-state index contributed by atoms with van der Waals surface area (Å²) in [6, 6.07) is 10.3. The van der Waals surface area contributed by atoms with Crippen molar-refractivity contribution in [2.24, 2.45) is 0 Å². The first-order valence-corrected chi connectivity index (χ1v) is 6.99. The highest BCUT2D eigenvalue weighted by Crippen LogP contribution is 2.13. The van der Waals surface area contributed by atoms with Gasteiger partial charge in [-0.3, -0.25) is 9.78 Å². The number of carbonyl (C=O) groups excluding carboxylic acids is 1. The van der Waals surface area contributed by atoms with Gasteiger partial charge in [-0.15, -0.1) is 0 Å². The Labute approximate surface area is 119 Å². The number of hydrogen-bond donors (Lipinski definition) is 1. The molecule has 0 aliphatic carbocycles. The zero-order valence-electron chi connectivity index (χ0n) is 11.8. The van der Waals surface area contributed by atoms with Crippen molar-refractivity contribution in [1.82, 2.24) is 10.3 Å². The van der Waals surface area contributed by atoms with Crippen molar-refractivity contribution in [2.75, 3.05) is 13.2 Å². The van der Waals surface area contributed by atoms with Crippen LogP contribution in [0, 0.1) is 0 Å². The summed E-state index contributed by atoms with van der Waals surface area (Å²) in [5.41, 5.74) is 2.24. The molecule has 0 atom stereocenters. The van der Waals surface area contributed by atoms with E-state index in [4.69, 9.17) is 4.74 Å². The molecular weight excluding hydrogens is 252 g/mol. The van der Waals surface area contributed by atoms with E-state index in [0.29, 0.717) is 13.0 Å². The molecule has 0 saturated heterocycles. The molecule has 0 bridgehead atoms. The van der Waals surface area contributed by atoms with Gasteiger partial charge in [0.25, 0.3) is 0 Å². The second kappa shape index (κ2) is 7.60. The molecule has 1 aromatic heterocycles. The van der Waals surface area contributed by atoms with E-state index >= 15 is 0 Å². The van der Waals surface area contributed by atoms with Crippen LogP contribution < -0.4 is 5.32 Å². The van der Waals surface area contributed by atoms with Crippen LogP contribution in [0.2, 0.25) is 0 Å². The lowest BCUT2D eigenvalue weighted by atomic mass is 10.1. The Morgan fingerprint density at radius 3 is 3.10 bits per heavy atom. The number of fused-ring (bicyclic) bond motifs is 1. The predicted molar refractivity (Wildman–Crippen MR) is 79.3 cm³/mol. The van der Waals surface area contributed by atoms with Crippen molar-refractivity contribution in [1.29, 1.82) is 0 Å². The van der Waals surface area contributed by atoms with Gasteiger partial charge in [0.2, 0.25) is 0 Å². The Kier molecular flexibility index (Phi) is 5.50. The second-order valence-corrected chi connectivity index (χ2v) is 4.62. The van der Waals surface area contributed by atoms with Crippen molar-refractivity contribution in [3.63, 3.8) is 0 Å². The van der Waals surface area contributed by atoms with Gasteiger partial charge in [-0.2, -0.15) is 0 Å². The quantitative estimate of drug-likeness (QED) is 0.622. The van der Waals surface area contributed by atoms with E-state index in [1.54, 1.807) is 6.20 Å². The van der Waals surface area contributed by atoms with Gasteiger partial charge in [0.1, 0.15) is 0 Å². The van der Waals surface area contributed by atoms with Crippen LogP contribution in [-0.2, 0) is 16.1 Å². The second-order valence-electron chi connectivity index (χ2n) is 4.62. The van der Waals surface area contributed by atoms with E-state index in [-0.39, 0.29) is 5.97 Å². The van der Waals surface area contributed by atoms with Gasteiger partial charge >= 0.3 is 5.97 Å². The molecule has 0 radical (unpaired) electrons. The number of rotatable bonds is 7. The van der Waals surface area contributed by atoms with Crippen molar-refractivity contribution >= 4 is 16.9 Å². The van der Waals surface area contributed by atoms with Crippen LogP contribution in [-0.4, -0.2) is 24.1 Å². The number of aromatic nitrogens is 1. The molecule has 1 heterocycles. The maximum atomic E-state index is 11.2. The average molecular weight is 272 g/mol. The van der Waals surface area contributed by atoms with Crippen LogP contribution in [0.5, 0.6) is 0 Å². The molecule has 0 fully saturated rings. The lowest BCUT2D eigenvalue weighted by Gasteiger charge is -2.06. The average Bonchev–Trinajstić information content (AvgIpc) is 2.47. The standard InChI is InChI=1S/C16H20N2O2/c1-2-20-16(19)6-4-9-17-12-13-7-8-15-14(11-13)5-3-10-18-15/h3,5,7-8,10-11,17H,2,4,6,9,12H2,1H3. The molecule has 1 N–H and O–H groups in total. The molecule has 2 rings (SSSR count). The number of benzene rings is 1. The van der Waals surface area contributed by atoms with Gasteiger partial charge in [0.15, 0.2) is 0 Å². The third-order valence-electron chi connectivity index (χ3n) is 3.04. The first-order valence-electron chi connectivity index (χ1n) is 6.99. The fourth-order valence-electron chi connectivity index (χ4n) is 2.06. The zero-order valence-corrected chi connectivity index (χ0v) is 11.8. The SMILES string of the molecule is CCOC(=O)CCCNCc1ccc2ncccc2c1. The monoisotopic (exact) mass is 272 g/mol. The minimum absolute atomic E-state index is 0.119. The fraction of sp³-hybridized carbons (Fsp3) is 0.375. The summed E-state index contributed by atoms with van der Waals surface area (Å²) in [6.45, 7) is 3.89. The maximum Gasteiger partial charge on any atom is 0.305 e. The third-order valence-corrected chi connectivity index (χ3v) is 3.04. The van der Waals surface area contributed by atoms with E-state index in [2.05, 4.69) is 28.5 Å². The van der Waals surface area contributed by atoms with E-state index in [1.807, 2.05) is 19.1 Å². The Balaban J connectivity index is 1.74. The van der Waals surface area contributed by atoms with Gasteiger partial charge in [0.05, 0.1) is 12.1 Å². The first-order chi connectivity index (χ1) is 9.79. The molecule has 1 aromatic carbocycles. The number of nitrogens with one attached hydrogen (secondary N) is 1. The highest BCUT2D eigenvalue weighted by molar-refractivity contribution is 5.78. The lowest BCUT2D eigenvalue weighted by Crippen LogP contribution is -2.16. The molecule has 106 valence electrons. The Hall–Kier alpha value is -1.94. The summed E-state index contributed by atoms with van der Waals surface area (Å²) in [6.07, 6.45) is 3.08. The van der Waals surface area contributed by atoms with Crippen molar-refractivity contribution in [3.8, 4) is 0 Å². The third kappa shape index (κ3) is 4.31. The molecule has 0 saturated carbocycles. The molecule has 0 aliphatic heterocycles. The molecule has 0 unspecified atom stereocenters. The van der Waals surface area contributed by atoms with Crippen LogP contribution in [0.4, 0.5) is 0 Å². The van der Waals surface area contributed by atoms with Crippen LogP contribution >= 0.6 is 0 Å². The van der Waals surface area contributed by atoms with Gasteiger partial charge in [-0.05, 0) is 43.7 Å². The first kappa shape index (κ1) is 14.5. The van der Waals surface area contributed by atoms with E-state index in [0.717, 1.165) is 30.4 Å². The summed E-state index contributed by atoms with van der Waals surface area (Å²) >= 11 is 0. The Morgan fingerprint density at radius 2 is 2.25 bits per heavy atom. The minimum Gasteiger partial charge on any atom is -0.466 e. The molecule has 2 aromatic rings. The topological polar surface area (TPSA) is 51.2 Å². The van der Waals surface area contributed by atoms with Gasteiger partial charge in [0, 0.05) is 24.5 Å². The number of ether oxygens (including phenoxy) is 1. The number of hydrogen-bond acceptors (Lipinski definition) is 4. The fourth-order valence-corrected chi connectivity index (χ4v) is 2.06. The molecule has 0 aliphatic rings. The summed E-state index contributed by atoms with van der Waals surface area (Å²) in [5.74, 6) is -0.119. The highest BCUT2D eigenvalue weighted by Gasteiger charge is 2.01. The Bertz CT molecular complexity index is 569. The maximum absolute atomic E-state index is 11.2. The lowest BCUT2D eigenvalue weighted by molar-refractivity contribution is -0.143. The minimum atomic E-state index is -0.119. The molecule has 0 amide bonds.